The van der Waals surface area contributed by atoms with E-state index in [4.69, 9.17) is 0 Å². The van der Waals surface area contributed by atoms with Gasteiger partial charge in [0, 0.05) is 0 Å². The zero-order valence-corrected chi connectivity index (χ0v) is 18.8. The van der Waals surface area contributed by atoms with Gasteiger partial charge in [-0.3, -0.25) is 0 Å². The molecule has 5 aromatic rings. The minimum absolute atomic E-state index is 0. The monoisotopic (exact) mass is 442 g/mol. The quantitative estimate of drug-likeness (QED) is 0.230. The van der Waals surface area contributed by atoms with Crippen molar-refractivity contribution in [3.05, 3.63) is 109 Å². The van der Waals surface area contributed by atoms with Crippen molar-refractivity contribution in [2.45, 2.75) is 6.92 Å². The molecular weight excluding hydrogens is 422 g/mol. The molecule has 0 spiro atoms. The first-order valence-electron chi connectivity index (χ1n) is 8.89. The molecule has 1 atom stereocenters. The number of aryl methyl sites for hydroxylation is 1. The van der Waals surface area contributed by atoms with Gasteiger partial charge in [0.1, 0.15) is 0 Å². The Labute approximate surface area is 181 Å². The molecule has 0 aliphatic heterocycles. The van der Waals surface area contributed by atoms with Crippen LogP contribution in [-0.4, -0.2) is 0 Å². The summed E-state index contributed by atoms with van der Waals surface area (Å²) in [7, 11) is 0.754. The maximum Gasteiger partial charge on any atom is 2.00 e. The van der Waals surface area contributed by atoms with Crippen molar-refractivity contribution in [1.29, 1.82) is 0 Å². The van der Waals surface area contributed by atoms with Gasteiger partial charge in [-0.2, -0.15) is 23.6 Å². The van der Waals surface area contributed by atoms with Crippen LogP contribution in [0.25, 0.3) is 21.5 Å². The Morgan fingerprint density at radius 3 is 2.26 bits per heavy atom. The molecule has 0 saturated heterocycles. The summed E-state index contributed by atoms with van der Waals surface area (Å²) in [5.74, 6) is 0. The molecule has 0 aliphatic rings. The Morgan fingerprint density at radius 2 is 1.44 bits per heavy atom. The van der Waals surface area contributed by atoms with E-state index in [1.165, 1.54) is 37.7 Å². The summed E-state index contributed by atoms with van der Waals surface area (Å²) in [6.07, 6.45) is 0. The Hall–Kier alpha value is -1.81. The molecule has 2 heteroatoms. The van der Waals surface area contributed by atoms with Gasteiger partial charge in [0.25, 0.3) is 0 Å². The summed E-state index contributed by atoms with van der Waals surface area (Å²) in [6, 6.07) is 36.4. The van der Waals surface area contributed by atoms with Crippen molar-refractivity contribution >= 4 is 40.7 Å². The van der Waals surface area contributed by atoms with Gasteiger partial charge in [0.05, 0.1) is 0 Å². The third-order valence-corrected chi connectivity index (χ3v) is 6.18. The minimum Gasteiger partial charge on any atom is -0.168 e. The summed E-state index contributed by atoms with van der Waals surface area (Å²) >= 11 is 0. The first kappa shape index (κ1) is 19.9. The molecule has 0 N–H and O–H groups in total. The molecule has 27 heavy (non-hydrogen) atoms. The van der Waals surface area contributed by atoms with Crippen LogP contribution in [0.2, 0.25) is 0 Å². The third-order valence-electron chi connectivity index (χ3n) is 4.64. The summed E-state index contributed by atoms with van der Waals surface area (Å²) in [6.45, 7) is 2.19. The molecule has 0 heterocycles. The smallest absolute Gasteiger partial charge is 0.168 e. The van der Waals surface area contributed by atoms with Gasteiger partial charge in [0.2, 0.25) is 0 Å². The molecule has 0 radical (unpaired) electrons. The van der Waals surface area contributed by atoms with E-state index < -0.39 is 0 Å². The van der Waals surface area contributed by atoms with Crippen LogP contribution >= 0.6 is 8.58 Å². The van der Waals surface area contributed by atoms with Gasteiger partial charge in [0.15, 0.2) is 0 Å². The van der Waals surface area contributed by atoms with Crippen LogP contribution < -0.4 is 10.6 Å². The van der Waals surface area contributed by atoms with E-state index in [0.29, 0.717) is 0 Å². The predicted molar refractivity (Wildman–Crippen MR) is 118 cm³/mol. The Kier molecular flexibility index (Phi) is 6.95. The van der Waals surface area contributed by atoms with Gasteiger partial charge in [-0.05, 0) is 17.8 Å². The fourth-order valence-corrected chi connectivity index (χ4v) is 4.47. The van der Waals surface area contributed by atoms with E-state index in [1.54, 1.807) is 0 Å². The molecule has 0 aromatic heterocycles. The summed E-state index contributed by atoms with van der Waals surface area (Å²) in [5.41, 5.74) is 1.39. The number of hydrogen-bond acceptors (Lipinski definition) is 0. The fraction of sp³-hybridized carbons (Fsp3) is 0.0400. The van der Waals surface area contributed by atoms with E-state index in [-0.39, 0.29) is 26.2 Å². The minimum atomic E-state index is 0. The predicted octanol–water partition coefficient (Wildman–Crippen LogP) is 6.05. The molecule has 0 saturated carbocycles. The van der Waals surface area contributed by atoms with Crippen molar-refractivity contribution in [3.8, 4) is 0 Å². The topological polar surface area (TPSA) is 0 Å². The molecule has 0 fully saturated rings. The van der Waals surface area contributed by atoms with Crippen molar-refractivity contribution in [2.75, 3.05) is 0 Å². The number of hydrogen-bond donors (Lipinski definition) is 0. The molecule has 130 valence electrons. The molecule has 0 bridgehead atoms. The molecular formula is C25H21PZr. The average Bonchev–Trinajstić information content (AvgIpc) is 3.31. The molecule has 0 nitrogen and oxygen atoms in total. The molecule has 5 rings (SSSR count). The van der Waals surface area contributed by atoms with Gasteiger partial charge >= 0.3 is 26.2 Å². The molecule has 1 unspecified atom stereocenters. The van der Waals surface area contributed by atoms with Crippen LogP contribution in [0.4, 0.5) is 0 Å². The van der Waals surface area contributed by atoms with Crippen LogP contribution in [0.5, 0.6) is 0 Å². The maximum absolute atomic E-state index is 2.26. The van der Waals surface area contributed by atoms with E-state index in [0.717, 1.165) is 8.58 Å². The molecule has 5 aromatic carbocycles. The van der Waals surface area contributed by atoms with Crippen molar-refractivity contribution in [1.82, 2.24) is 0 Å². The largest absolute Gasteiger partial charge is 2.00 e. The molecule has 0 aliphatic carbocycles. The van der Waals surface area contributed by atoms with Gasteiger partial charge in [-0.15, -0.1) is 78.6 Å². The SMILES string of the molecule is Cc1ccccc1P[c-]1ccc2ccccc21.[Zr+2].c1ccc2[cH-]ccc2c1. The third kappa shape index (κ3) is 4.73. The zero-order valence-electron chi connectivity index (χ0n) is 15.3. The second-order valence-corrected chi connectivity index (χ2v) is 7.76. The summed E-state index contributed by atoms with van der Waals surface area (Å²) in [4.78, 5) is 0. The van der Waals surface area contributed by atoms with Gasteiger partial charge in [-0.25, -0.2) is 0 Å². The normalized spacial score (nSPS) is 10.7. The van der Waals surface area contributed by atoms with Crippen LogP contribution in [0, 0.1) is 6.92 Å². The van der Waals surface area contributed by atoms with Gasteiger partial charge in [-0.1, -0.05) is 36.4 Å². The summed E-state index contributed by atoms with van der Waals surface area (Å²) in [5, 5.41) is 8.31. The number of fused-ring (bicyclic) bond motifs is 2. The van der Waals surface area contributed by atoms with E-state index in [1.807, 2.05) is 0 Å². The van der Waals surface area contributed by atoms with E-state index in [2.05, 4.69) is 110 Å². The van der Waals surface area contributed by atoms with Crippen molar-refractivity contribution in [3.63, 3.8) is 0 Å². The van der Waals surface area contributed by atoms with E-state index in [9.17, 15) is 0 Å². The summed E-state index contributed by atoms with van der Waals surface area (Å²) < 4.78 is 0. The van der Waals surface area contributed by atoms with E-state index >= 15 is 0 Å². The van der Waals surface area contributed by atoms with Crippen LogP contribution in [0.3, 0.4) is 0 Å². The van der Waals surface area contributed by atoms with Crippen LogP contribution in [0.15, 0.2) is 103 Å². The zero-order chi connectivity index (χ0) is 17.8. The first-order valence-corrected chi connectivity index (χ1v) is 9.89. The Morgan fingerprint density at radius 1 is 0.741 bits per heavy atom. The maximum atomic E-state index is 2.26. The Balaban J connectivity index is 0.000000178. The number of benzene rings is 3. The Bertz CT molecular complexity index is 1100. The second kappa shape index (κ2) is 9.41. The first-order chi connectivity index (χ1) is 12.8. The average molecular weight is 444 g/mol. The van der Waals surface area contributed by atoms with Crippen molar-refractivity contribution in [2.24, 2.45) is 0 Å². The number of rotatable bonds is 2. The standard InChI is InChI=1S/C16H14P.C9H7.Zr/c1-12-6-2-5-9-15(12)17-16-11-10-13-7-3-4-8-14(13)16;1-2-5-9-7-3-6-8(9)4-1;/h2-11,17H,1H3;1-7H;/q2*-1;+2. The van der Waals surface area contributed by atoms with Gasteiger partial charge < -0.3 is 0 Å². The van der Waals surface area contributed by atoms with Crippen LogP contribution in [-0.2, 0) is 26.2 Å². The fourth-order valence-electron chi connectivity index (χ4n) is 3.19. The van der Waals surface area contributed by atoms with Crippen molar-refractivity contribution < 1.29 is 26.2 Å². The molecule has 0 amide bonds. The van der Waals surface area contributed by atoms with Crippen LogP contribution in [0.1, 0.15) is 5.56 Å². The second-order valence-electron chi connectivity index (χ2n) is 6.43.